The Bertz CT molecular complexity index is 709. The highest BCUT2D eigenvalue weighted by molar-refractivity contribution is 7.10. The van der Waals surface area contributed by atoms with Crippen molar-refractivity contribution in [3.8, 4) is 0 Å². The van der Waals surface area contributed by atoms with E-state index in [0.29, 0.717) is 6.54 Å². The first kappa shape index (κ1) is 17.9. The SMILES string of the molecule is O=C(NCC(c1cccs1)N1CCCC1)c1cccc(C(F)(F)F)c1. The van der Waals surface area contributed by atoms with E-state index in [-0.39, 0.29) is 11.6 Å². The summed E-state index contributed by atoms with van der Waals surface area (Å²) in [5, 5.41) is 4.79. The molecule has 0 saturated carbocycles. The molecule has 1 aromatic heterocycles. The second-order valence-electron chi connectivity index (χ2n) is 6.06. The molecule has 1 aliphatic heterocycles. The summed E-state index contributed by atoms with van der Waals surface area (Å²) in [6.07, 6.45) is -2.20. The van der Waals surface area contributed by atoms with E-state index in [1.54, 1.807) is 11.3 Å². The third kappa shape index (κ3) is 4.41. The van der Waals surface area contributed by atoms with Crippen LogP contribution in [0.5, 0.6) is 0 Å². The lowest BCUT2D eigenvalue weighted by molar-refractivity contribution is -0.137. The second kappa shape index (κ2) is 7.58. The topological polar surface area (TPSA) is 32.3 Å². The van der Waals surface area contributed by atoms with Crippen LogP contribution in [0.3, 0.4) is 0 Å². The zero-order valence-corrected chi connectivity index (χ0v) is 14.4. The number of hydrogen-bond donors (Lipinski definition) is 1. The van der Waals surface area contributed by atoms with Gasteiger partial charge in [0.05, 0.1) is 11.6 Å². The molecule has 0 aliphatic carbocycles. The second-order valence-corrected chi connectivity index (χ2v) is 7.04. The van der Waals surface area contributed by atoms with E-state index in [4.69, 9.17) is 0 Å². The normalized spacial score (nSPS) is 16.8. The molecule has 1 atom stereocenters. The monoisotopic (exact) mass is 368 g/mol. The van der Waals surface area contributed by atoms with Crippen molar-refractivity contribution in [2.75, 3.05) is 19.6 Å². The van der Waals surface area contributed by atoms with E-state index in [2.05, 4.69) is 10.2 Å². The van der Waals surface area contributed by atoms with Gasteiger partial charge in [-0.2, -0.15) is 13.2 Å². The molecule has 3 rings (SSSR count). The largest absolute Gasteiger partial charge is 0.416 e. The summed E-state index contributed by atoms with van der Waals surface area (Å²) in [6.45, 7) is 2.33. The maximum Gasteiger partial charge on any atom is 0.416 e. The maximum atomic E-state index is 12.8. The number of carbonyl (C=O) groups excluding carboxylic acids is 1. The number of halogens is 3. The molecule has 2 heterocycles. The lowest BCUT2D eigenvalue weighted by atomic mass is 10.1. The summed E-state index contributed by atoms with van der Waals surface area (Å²) in [6, 6.07) is 8.59. The molecule has 1 N–H and O–H groups in total. The quantitative estimate of drug-likeness (QED) is 0.852. The molecule has 0 radical (unpaired) electrons. The standard InChI is InChI=1S/C18H19F3N2OS/c19-18(20,21)14-6-3-5-13(11-14)17(24)22-12-15(16-7-4-10-25-16)23-8-1-2-9-23/h3-7,10-11,15H,1-2,8-9,12H2,(H,22,24). The first-order valence-corrected chi connectivity index (χ1v) is 9.06. The van der Waals surface area contributed by atoms with E-state index in [1.165, 1.54) is 12.1 Å². The van der Waals surface area contributed by atoms with Gasteiger partial charge in [-0.3, -0.25) is 9.69 Å². The molecule has 1 fully saturated rings. The number of nitrogens with zero attached hydrogens (tertiary/aromatic N) is 1. The Kier molecular flexibility index (Phi) is 5.44. The highest BCUT2D eigenvalue weighted by Crippen LogP contribution is 2.30. The number of benzene rings is 1. The molecule has 1 aromatic carbocycles. The van der Waals surface area contributed by atoms with Crippen molar-refractivity contribution in [2.24, 2.45) is 0 Å². The van der Waals surface area contributed by atoms with Gasteiger partial charge in [0.25, 0.3) is 5.91 Å². The number of rotatable bonds is 5. The van der Waals surface area contributed by atoms with E-state index < -0.39 is 17.6 Å². The molecule has 0 bridgehead atoms. The summed E-state index contributed by atoms with van der Waals surface area (Å²) in [4.78, 5) is 15.8. The average molecular weight is 368 g/mol. The Morgan fingerprint density at radius 2 is 1.96 bits per heavy atom. The van der Waals surface area contributed by atoms with Crippen LogP contribution in [0.25, 0.3) is 0 Å². The minimum atomic E-state index is -4.45. The molecule has 0 spiro atoms. The molecule has 2 aromatic rings. The van der Waals surface area contributed by atoms with Crippen molar-refractivity contribution in [3.05, 3.63) is 57.8 Å². The van der Waals surface area contributed by atoms with E-state index >= 15 is 0 Å². The van der Waals surface area contributed by atoms with Crippen LogP contribution in [0.15, 0.2) is 41.8 Å². The number of hydrogen-bond acceptors (Lipinski definition) is 3. The number of thiophene rings is 1. The number of carbonyl (C=O) groups is 1. The predicted molar refractivity (Wildman–Crippen MR) is 91.6 cm³/mol. The number of alkyl halides is 3. The smallest absolute Gasteiger partial charge is 0.350 e. The lowest BCUT2D eigenvalue weighted by Gasteiger charge is -2.27. The summed E-state index contributed by atoms with van der Waals surface area (Å²) in [5.41, 5.74) is -0.782. The highest BCUT2D eigenvalue weighted by Gasteiger charge is 2.31. The highest BCUT2D eigenvalue weighted by atomic mass is 32.1. The Hall–Kier alpha value is -1.86. The fourth-order valence-electron chi connectivity index (χ4n) is 3.07. The zero-order valence-electron chi connectivity index (χ0n) is 13.6. The lowest BCUT2D eigenvalue weighted by Crippen LogP contribution is -2.36. The van der Waals surface area contributed by atoms with Crippen LogP contribution in [-0.4, -0.2) is 30.4 Å². The Morgan fingerprint density at radius 3 is 2.60 bits per heavy atom. The van der Waals surface area contributed by atoms with Crippen LogP contribution in [0.2, 0.25) is 0 Å². The van der Waals surface area contributed by atoms with Gasteiger partial charge in [0.1, 0.15) is 0 Å². The zero-order chi connectivity index (χ0) is 17.9. The minimum Gasteiger partial charge on any atom is -0.350 e. The fraction of sp³-hybridized carbons (Fsp3) is 0.389. The summed E-state index contributed by atoms with van der Waals surface area (Å²) in [7, 11) is 0. The van der Waals surface area contributed by atoms with Gasteiger partial charge in [-0.25, -0.2) is 0 Å². The van der Waals surface area contributed by atoms with Crippen molar-refractivity contribution in [3.63, 3.8) is 0 Å². The first-order valence-electron chi connectivity index (χ1n) is 8.18. The third-order valence-corrected chi connectivity index (χ3v) is 5.33. The van der Waals surface area contributed by atoms with Crippen LogP contribution in [-0.2, 0) is 6.18 Å². The summed E-state index contributed by atoms with van der Waals surface area (Å²) < 4.78 is 38.4. The van der Waals surface area contributed by atoms with Crippen LogP contribution in [0.1, 0.15) is 39.7 Å². The molecule has 7 heteroatoms. The van der Waals surface area contributed by atoms with Crippen molar-refractivity contribution in [2.45, 2.75) is 25.1 Å². The van der Waals surface area contributed by atoms with Crippen LogP contribution in [0.4, 0.5) is 13.2 Å². The summed E-state index contributed by atoms with van der Waals surface area (Å²) >= 11 is 1.63. The van der Waals surface area contributed by atoms with Gasteiger partial charge in [0.2, 0.25) is 0 Å². The van der Waals surface area contributed by atoms with Gasteiger partial charge >= 0.3 is 6.18 Å². The molecule has 1 aliphatic rings. The minimum absolute atomic E-state index is 0.0289. The fourth-order valence-corrected chi connectivity index (χ4v) is 3.93. The molecule has 25 heavy (non-hydrogen) atoms. The Balaban J connectivity index is 1.69. The van der Waals surface area contributed by atoms with E-state index in [9.17, 15) is 18.0 Å². The molecular formula is C18H19F3N2OS. The average Bonchev–Trinajstić information content (AvgIpc) is 3.28. The Morgan fingerprint density at radius 1 is 1.20 bits per heavy atom. The molecular weight excluding hydrogens is 349 g/mol. The molecule has 3 nitrogen and oxygen atoms in total. The van der Waals surface area contributed by atoms with Gasteiger partial charge in [-0.1, -0.05) is 12.1 Å². The van der Waals surface area contributed by atoms with Gasteiger partial charge in [-0.05, 0) is 55.6 Å². The van der Waals surface area contributed by atoms with Crippen molar-refractivity contribution in [1.29, 1.82) is 0 Å². The van der Waals surface area contributed by atoms with Crippen molar-refractivity contribution >= 4 is 17.2 Å². The maximum absolute atomic E-state index is 12.8. The number of likely N-dealkylation sites (tertiary alicyclic amines) is 1. The number of amides is 1. The molecule has 1 unspecified atom stereocenters. The first-order chi connectivity index (χ1) is 11.9. The van der Waals surface area contributed by atoms with Gasteiger partial charge in [-0.15, -0.1) is 11.3 Å². The molecule has 1 saturated heterocycles. The third-order valence-electron chi connectivity index (χ3n) is 4.36. The summed E-state index contributed by atoms with van der Waals surface area (Å²) in [5.74, 6) is -0.480. The van der Waals surface area contributed by atoms with Gasteiger partial charge < -0.3 is 5.32 Å². The van der Waals surface area contributed by atoms with Crippen LogP contribution < -0.4 is 5.32 Å². The van der Waals surface area contributed by atoms with Crippen LogP contribution >= 0.6 is 11.3 Å². The number of nitrogens with one attached hydrogen (secondary N) is 1. The Labute approximate surface area is 148 Å². The van der Waals surface area contributed by atoms with Gasteiger partial charge in [0, 0.05) is 17.0 Å². The predicted octanol–water partition coefficient (Wildman–Crippen LogP) is 4.33. The van der Waals surface area contributed by atoms with Gasteiger partial charge in [0.15, 0.2) is 0 Å². The molecule has 1 amide bonds. The molecule has 134 valence electrons. The van der Waals surface area contributed by atoms with Crippen molar-refractivity contribution < 1.29 is 18.0 Å². The van der Waals surface area contributed by atoms with Crippen molar-refractivity contribution in [1.82, 2.24) is 10.2 Å². The van der Waals surface area contributed by atoms with Crippen LogP contribution in [0, 0.1) is 0 Å². The van der Waals surface area contributed by atoms with E-state index in [0.717, 1.165) is 42.9 Å². The van der Waals surface area contributed by atoms with E-state index in [1.807, 2.05) is 17.5 Å².